The van der Waals surface area contributed by atoms with Gasteiger partial charge in [0, 0.05) is 5.75 Å². The first-order valence-electron chi connectivity index (χ1n) is 2.43. The summed E-state index contributed by atoms with van der Waals surface area (Å²) in [7, 11) is 3.69. The van der Waals surface area contributed by atoms with Gasteiger partial charge in [-0.05, 0) is 5.41 Å². The zero-order valence-electron chi connectivity index (χ0n) is 4.68. The molecule has 42 valence electrons. The molecule has 0 saturated carbocycles. The molecule has 1 rings (SSSR count). The lowest BCUT2D eigenvalue weighted by molar-refractivity contribution is 1.50. The Morgan fingerprint density at radius 3 is 2.29 bits per heavy atom. The minimum absolute atomic E-state index is 1.20. The van der Waals surface area contributed by atoms with Crippen LogP contribution in [0.15, 0.2) is 11.5 Å². The van der Waals surface area contributed by atoms with Gasteiger partial charge >= 0.3 is 0 Å². The van der Waals surface area contributed by atoms with Crippen molar-refractivity contribution in [2.75, 3.05) is 5.75 Å². The van der Waals surface area contributed by atoms with Crippen molar-refractivity contribution in [3.63, 3.8) is 0 Å². The van der Waals surface area contributed by atoms with Gasteiger partial charge in [-0.25, -0.2) is 0 Å². The van der Waals surface area contributed by atoms with Gasteiger partial charge in [0.25, 0.3) is 0 Å². The predicted octanol–water partition coefficient (Wildman–Crippen LogP) is 2.92. The van der Waals surface area contributed by atoms with Crippen molar-refractivity contribution in [1.82, 2.24) is 0 Å². The Morgan fingerprint density at radius 1 is 1.43 bits per heavy atom. The summed E-state index contributed by atoms with van der Waals surface area (Å²) in [5.41, 5.74) is 0. The molecule has 0 saturated heterocycles. The highest BCUT2D eigenvalue weighted by Crippen LogP contribution is 2.27. The van der Waals surface area contributed by atoms with E-state index < -0.39 is 0 Å². The third kappa shape index (κ3) is 4.29. The van der Waals surface area contributed by atoms with Gasteiger partial charge in [-0.15, -0.1) is 0 Å². The van der Waals surface area contributed by atoms with Crippen LogP contribution in [0.25, 0.3) is 0 Å². The van der Waals surface area contributed by atoms with Crippen molar-refractivity contribution in [2.45, 2.75) is 13.8 Å². The van der Waals surface area contributed by atoms with E-state index in [1.54, 1.807) is 0 Å². The molecule has 0 atom stereocenters. The zero-order valence-corrected chi connectivity index (χ0v) is 6.31. The molecular weight excluding hydrogens is 124 g/mol. The summed E-state index contributed by atoms with van der Waals surface area (Å²) in [6.07, 6.45) is 2.16. The minimum Gasteiger partial charge on any atom is -0.0854 e. The first-order valence-corrected chi connectivity index (χ1v) is 4.81. The largest absolute Gasteiger partial charge is 0.0854 e. The van der Waals surface area contributed by atoms with E-state index >= 15 is 0 Å². The van der Waals surface area contributed by atoms with Crippen molar-refractivity contribution >= 4 is 21.6 Å². The van der Waals surface area contributed by atoms with Gasteiger partial charge in [-0.3, -0.25) is 0 Å². The van der Waals surface area contributed by atoms with Crippen molar-refractivity contribution in [3.05, 3.63) is 11.5 Å². The number of hydrogen-bond donors (Lipinski definition) is 0. The highest BCUT2D eigenvalue weighted by atomic mass is 33.1. The normalized spacial score (nSPS) is 15.7. The summed E-state index contributed by atoms with van der Waals surface area (Å²) in [5, 5.41) is 2.12. The average Bonchev–Trinajstić information content (AvgIpc) is 2.23. The van der Waals surface area contributed by atoms with Gasteiger partial charge < -0.3 is 0 Å². The summed E-state index contributed by atoms with van der Waals surface area (Å²) >= 11 is 0. The topological polar surface area (TPSA) is 0 Å². The molecule has 0 nitrogen and oxygen atoms in total. The number of rotatable bonds is 0. The Balaban J connectivity index is 0.000000162. The molecule has 0 amide bonds. The van der Waals surface area contributed by atoms with Crippen LogP contribution in [0.5, 0.6) is 0 Å². The third-order valence-corrected chi connectivity index (χ3v) is 2.30. The van der Waals surface area contributed by atoms with Crippen LogP contribution in [0.3, 0.4) is 0 Å². The molecule has 0 bridgehead atoms. The second-order valence-corrected chi connectivity index (χ2v) is 3.07. The highest BCUT2D eigenvalue weighted by molar-refractivity contribution is 8.78. The second-order valence-electron chi connectivity index (χ2n) is 0.753. The van der Waals surface area contributed by atoms with Gasteiger partial charge in [-0.2, -0.15) is 0 Å². The molecular formula is C5H10S2. The molecule has 0 aromatic rings. The molecule has 0 aromatic carbocycles. The Bertz CT molecular complexity index is 44.0. The molecule has 0 N–H and O–H groups in total. The van der Waals surface area contributed by atoms with Crippen LogP contribution >= 0.6 is 21.6 Å². The molecule has 0 radical (unpaired) electrons. The lowest BCUT2D eigenvalue weighted by Crippen LogP contribution is -1.46. The van der Waals surface area contributed by atoms with Crippen LogP contribution in [0.2, 0.25) is 0 Å². The first kappa shape index (κ1) is 7.44. The van der Waals surface area contributed by atoms with E-state index in [4.69, 9.17) is 0 Å². The number of hydrogen-bond acceptors (Lipinski definition) is 2. The van der Waals surface area contributed by atoms with Crippen LogP contribution < -0.4 is 0 Å². The van der Waals surface area contributed by atoms with Crippen molar-refractivity contribution < 1.29 is 0 Å². The smallest absolute Gasteiger partial charge is 0.0229 e. The Hall–Kier alpha value is 0.440. The maximum absolute atomic E-state index is 2.16. The van der Waals surface area contributed by atoms with Crippen LogP contribution in [-0.2, 0) is 0 Å². The quantitative estimate of drug-likeness (QED) is 0.467. The van der Waals surface area contributed by atoms with E-state index in [1.807, 2.05) is 35.4 Å². The monoisotopic (exact) mass is 134 g/mol. The fraction of sp³-hybridized carbons (Fsp3) is 0.600. The Morgan fingerprint density at radius 2 is 2.14 bits per heavy atom. The van der Waals surface area contributed by atoms with Gasteiger partial charge in [0.15, 0.2) is 0 Å². The minimum atomic E-state index is 1.20. The van der Waals surface area contributed by atoms with Crippen LogP contribution in [0.4, 0.5) is 0 Å². The van der Waals surface area contributed by atoms with Crippen molar-refractivity contribution in [3.8, 4) is 0 Å². The van der Waals surface area contributed by atoms with E-state index in [9.17, 15) is 0 Å². The van der Waals surface area contributed by atoms with Crippen LogP contribution in [0.1, 0.15) is 13.8 Å². The molecule has 0 aliphatic carbocycles. The summed E-state index contributed by atoms with van der Waals surface area (Å²) in [6.45, 7) is 4.00. The highest BCUT2D eigenvalue weighted by Gasteiger charge is 1.85. The van der Waals surface area contributed by atoms with E-state index in [1.165, 1.54) is 5.75 Å². The molecule has 1 aliphatic heterocycles. The molecule has 0 fully saturated rings. The van der Waals surface area contributed by atoms with Crippen molar-refractivity contribution in [2.24, 2.45) is 0 Å². The Kier molecular flexibility index (Phi) is 6.84. The molecule has 1 heterocycles. The summed E-state index contributed by atoms with van der Waals surface area (Å²) in [4.78, 5) is 0. The maximum atomic E-state index is 2.16. The SMILES string of the molecule is C1=CSSC1.CC. The first-order chi connectivity index (χ1) is 3.50. The zero-order chi connectivity index (χ0) is 5.54. The van der Waals surface area contributed by atoms with Crippen LogP contribution in [0, 0.1) is 0 Å². The predicted molar refractivity (Wildman–Crippen MR) is 40.5 cm³/mol. The van der Waals surface area contributed by atoms with Gasteiger partial charge in [0.2, 0.25) is 0 Å². The molecule has 1 aliphatic rings. The second kappa shape index (κ2) is 6.44. The summed E-state index contributed by atoms with van der Waals surface area (Å²) in [6, 6.07) is 0. The van der Waals surface area contributed by atoms with E-state index in [0.717, 1.165) is 0 Å². The van der Waals surface area contributed by atoms with Gasteiger partial charge in [0.05, 0.1) is 0 Å². The van der Waals surface area contributed by atoms with Crippen LogP contribution in [-0.4, -0.2) is 5.75 Å². The average molecular weight is 134 g/mol. The fourth-order valence-corrected chi connectivity index (χ4v) is 1.77. The molecule has 2 heteroatoms. The van der Waals surface area contributed by atoms with E-state index in [2.05, 4.69) is 11.5 Å². The van der Waals surface area contributed by atoms with Gasteiger partial charge in [-0.1, -0.05) is 41.5 Å². The molecule has 0 aromatic heterocycles. The molecule has 0 spiro atoms. The molecule has 7 heavy (non-hydrogen) atoms. The fourth-order valence-electron chi connectivity index (χ4n) is 0.196. The van der Waals surface area contributed by atoms with E-state index in [0.29, 0.717) is 0 Å². The van der Waals surface area contributed by atoms with Crippen molar-refractivity contribution in [1.29, 1.82) is 0 Å². The third-order valence-electron chi connectivity index (χ3n) is 0.384. The summed E-state index contributed by atoms with van der Waals surface area (Å²) in [5.74, 6) is 1.20. The summed E-state index contributed by atoms with van der Waals surface area (Å²) < 4.78 is 0. The van der Waals surface area contributed by atoms with E-state index in [-0.39, 0.29) is 0 Å². The molecule has 0 unspecified atom stereocenters. The standard InChI is InChI=1S/C3H4S2.C2H6/c1-2-4-5-3-1;1-2/h1-2H,3H2;1-2H3. The van der Waals surface area contributed by atoms with Gasteiger partial charge in [0.1, 0.15) is 0 Å². The maximum Gasteiger partial charge on any atom is 0.0229 e. The lowest BCUT2D eigenvalue weighted by atomic mass is 10.8. The lowest BCUT2D eigenvalue weighted by Gasteiger charge is -1.69. The Labute approximate surface area is 53.2 Å².